The smallest absolute Gasteiger partial charge is 0.240 e. The molecule has 1 aliphatic heterocycles. The molecule has 0 spiro atoms. The molecule has 0 saturated carbocycles. The first kappa shape index (κ1) is 15.3. The van der Waals surface area contributed by atoms with Gasteiger partial charge >= 0.3 is 0 Å². The molecule has 0 saturated heterocycles. The third-order valence-electron chi connectivity index (χ3n) is 3.58. The van der Waals surface area contributed by atoms with Crippen LogP contribution in [-0.4, -0.2) is 31.6 Å². The Kier molecular flexibility index (Phi) is 4.07. The van der Waals surface area contributed by atoms with Gasteiger partial charge in [0.2, 0.25) is 15.9 Å². The number of aliphatic hydroxyl groups is 1. The molecule has 1 unspecified atom stereocenters. The summed E-state index contributed by atoms with van der Waals surface area (Å²) in [5.74, 6) is 0.294. The minimum absolute atomic E-state index is 0.127. The monoisotopic (exact) mass is 340 g/mol. The van der Waals surface area contributed by atoms with Crippen molar-refractivity contribution in [1.82, 2.24) is 4.37 Å². The van der Waals surface area contributed by atoms with E-state index in [9.17, 15) is 13.5 Å². The lowest BCUT2D eigenvalue weighted by molar-refractivity contribution is 0.166. The van der Waals surface area contributed by atoms with Crippen molar-refractivity contribution in [2.75, 3.05) is 18.0 Å². The van der Waals surface area contributed by atoms with Crippen molar-refractivity contribution < 1.29 is 18.3 Å². The zero-order chi connectivity index (χ0) is 15.7. The van der Waals surface area contributed by atoms with Crippen LogP contribution >= 0.6 is 11.5 Å². The minimum atomic E-state index is -3.53. The molecule has 1 atom stereocenters. The number of ether oxygens (including phenoxy) is 1. The third kappa shape index (κ3) is 2.81. The molecule has 118 valence electrons. The Labute approximate surface area is 133 Å². The van der Waals surface area contributed by atoms with Crippen LogP contribution in [0.15, 0.2) is 30.3 Å². The van der Waals surface area contributed by atoms with Gasteiger partial charge in [-0.3, -0.25) is 4.31 Å². The van der Waals surface area contributed by atoms with Crippen molar-refractivity contribution >= 4 is 27.2 Å². The number of methoxy groups -OCH3 is 1. The lowest BCUT2D eigenvalue weighted by Gasteiger charge is -2.32. The van der Waals surface area contributed by atoms with Gasteiger partial charge in [-0.25, -0.2) is 8.42 Å². The van der Waals surface area contributed by atoms with Crippen molar-refractivity contribution in [2.24, 2.45) is 0 Å². The summed E-state index contributed by atoms with van der Waals surface area (Å²) in [6.45, 7) is 0.274. The van der Waals surface area contributed by atoms with Crippen molar-refractivity contribution in [3.8, 4) is 5.88 Å². The minimum Gasteiger partial charge on any atom is -0.480 e. The van der Waals surface area contributed by atoms with Crippen molar-refractivity contribution in [2.45, 2.75) is 18.3 Å². The highest BCUT2D eigenvalue weighted by molar-refractivity contribution is 7.92. The quantitative estimate of drug-likeness (QED) is 0.920. The Bertz CT molecular complexity index is 773. The zero-order valence-electron chi connectivity index (χ0n) is 12.0. The Hall–Kier alpha value is -1.64. The fourth-order valence-electron chi connectivity index (χ4n) is 2.52. The van der Waals surface area contributed by atoms with E-state index in [4.69, 9.17) is 4.74 Å². The normalized spacial score (nSPS) is 18.1. The molecule has 1 aliphatic rings. The number of benzene rings is 1. The standard InChI is InChI=1S/C14H16N2O4S2/c1-20-14-8-10(21-15-14)9-22(18,19)16-7-6-13(17)11-4-2-3-5-12(11)16/h2-5,8,13,17H,6-7,9H2,1H3. The number of anilines is 1. The van der Waals surface area contributed by atoms with E-state index in [1.807, 2.05) is 0 Å². The maximum Gasteiger partial charge on any atom is 0.240 e. The molecular weight excluding hydrogens is 324 g/mol. The van der Waals surface area contributed by atoms with Crippen molar-refractivity contribution in [1.29, 1.82) is 0 Å². The van der Waals surface area contributed by atoms with Crippen LogP contribution in [0.3, 0.4) is 0 Å². The van der Waals surface area contributed by atoms with Crippen LogP contribution in [0.5, 0.6) is 5.88 Å². The molecule has 0 aliphatic carbocycles. The van der Waals surface area contributed by atoms with Crippen LogP contribution < -0.4 is 9.04 Å². The molecule has 0 fully saturated rings. The summed E-state index contributed by atoms with van der Waals surface area (Å²) in [6.07, 6.45) is -0.228. The maximum absolute atomic E-state index is 12.7. The summed E-state index contributed by atoms with van der Waals surface area (Å²) >= 11 is 1.12. The summed E-state index contributed by atoms with van der Waals surface area (Å²) in [6, 6.07) is 8.69. The number of hydrogen-bond acceptors (Lipinski definition) is 6. The van der Waals surface area contributed by atoms with Gasteiger partial charge < -0.3 is 9.84 Å². The van der Waals surface area contributed by atoms with Gasteiger partial charge in [0.15, 0.2) is 0 Å². The van der Waals surface area contributed by atoms with Crippen LogP contribution in [0, 0.1) is 0 Å². The number of para-hydroxylation sites is 1. The fourth-order valence-corrected chi connectivity index (χ4v) is 5.11. The number of aromatic nitrogens is 1. The van der Waals surface area contributed by atoms with Crippen LogP contribution in [0.25, 0.3) is 0 Å². The largest absolute Gasteiger partial charge is 0.480 e. The average Bonchev–Trinajstić information content (AvgIpc) is 2.94. The van der Waals surface area contributed by atoms with Gasteiger partial charge in [0, 0.05) is 23.1 Å². The topological polar surface area (TPSA) is 79.7 Å². The molecular formula is C14H16N2O4S2. The summed E-state index contributed by atoms with van der Waals surface area (Å²) in [4.78, 5) is 0.625. The van der Waals surface area contributed by atoms with Crippen LogP contribution in [0.1, 0.15) is 23.0 Å². The molecule has 0 radical (unpaired) electrons. The molecule has 22 heavy (non-hydrogen) atoms. The van der Waals surface area contributed by atoms with Gasteiger partial charge in [-0.15, -0.1) is 0 Å². The summed E-state index contributed by atoms with van der Waals surface area (Å²) in [5.41, 5.74) is 1.21. The number of nitrogens with zero attached hydrogens (tertiary/aromatic N) is 2. The summed E-state index contributed by atoms with van der Waals surface area (Å²) in [7, 11) is -2.04. The van der Waals surface area contributed by atoms with E-state index >= 15 is 0 Å². The summed E-state index contributed by atoms with van der Waals surface area (Å²) < 4.78 is 35.8. The van der Waals surface area contributed by atoms with Crippen LogP contribution in [-0.2, 0) is 15.8 Å². The van der Waals surface area contributed by atoms with Crippen molar-refractivity contribution in [3.63, 3.8) is 0 Å². The molecule has 1 aromatic heterocycles. The van der Waals surface area contributed by atoms with E-state index < -0.39 is 16.1 Å². The van der Waals surface area contributed by atoms with Gasteiger partial charge in [-0.2, -0.15) is 4.37 Å². The average molecular weight is 340 g/mol. The Morgan fingerprint density at radius 2 is 2.23 bits per heavy atom. The van der Waals surface area contributed by atoms with E-state index in [1.165, 1.54) is 11.4 Å². The number of aliphatic hydroxyl groups excluding tert-OH is 1. The lowest BCUT2D eigenvalue weighted by atomic mass is 10.0. The Morgan fingerprint density at radius 3 is 2.95 bits per heavy atom. The first-order valence-corrected chi connectivity index (χ1v) is 9.16. The highest BCUT2D eigenvalue weighted by Crippen LogP contribution is 2.36. The molecule has 6 nitrogen and oxygen atoms in total. The molecule has 1 aromatic carbocycles. The molecule has 8 heteroatoms. The van der Waals surface area contributed by atoms with E-state index in [0.29, 0.717) is 28.4 Å². The predicted molar refractivity (Wildman–Crippen MR) is 84.7 cm³/mol. The number of sulfonamides is 1. The highest BCUT2D eigenvalue weighted by atomic mass is 32.2. The second kappa shape index (κ2) is 5.86. The second-order valence-corrected chi connectivity index (χ2v) is 7.81. The first-order valence-electron chi connectivity index (χ1n) is 6.78. The Morgan fingerprint density at radius 1 is 1.45 bits per heavy atom. The Balaban J connectivity index is 1.91. The van der Waals surface area contributed by atoms with Crippen molar-refractivity contribution in [3.05, 3.63) is 40.8 Å². The number of hydrogen-bond donors (Lipinski definition) is 1. The second-order valence-electron chi connectivity index (χ2n) is 5.03. The zero-order valence-corrected chi connectivity index (χ0v) is 13.6. The van der Waals surface area contributed by atoms with E-state index in [2.05, 4.69) is 4.37 Å². The van der Waals surface area contributed by atoms with Gasteiger partial charge in [0.1, 0.15) is 5.75 Å². The maximum atomic E-state index is 12.7. The SMILES string of the molecule is COc1cc(CS(=O)(=O)N2CCC(O)c3ccccc32)sn1. The van der Waals surface area contributed by atoms with Gasteiger partial charge in [0.05, 0.1) is 18.9 Å². The molecule has 1 N–H and O–H groups in total. The number of rotatable bonds is 4. The third-order valence-corrected chi connectivity index (χ3v) is 6.25. The fraction of sp³-hybridized carbons (Fsp3) is 0.357. The van der Waals surface area contributed by atoms with Gasteiger partial charge in [-0.05, 0) is 24.0 Å². The van der Waals surface area contributed by atoms with E-state index in [-0.39, 0.29) is 12.3 Å². The molecule has 0 amide bonds. The van der Waals surface area contributed by atoms with E-state index in [1.54, 1.807) is 30.3 Å². The predicted octanol–water partition coefficient (Wildman–Crippen LogP) is 1.93. The summed E-state index contributed by atoms with van der Waals surface area (Å²) in [5, 5.41) is 10.0. The van der Waals surface area contributed by atoms with Crippen LogP contribution in [0.4, 0.5) is 5.69 Å². The molecule has 2 aromatic rings. The first-order chi connectivity index (χ1) is 10.5. The van der Waals surface area contributed by atoms with Crippen LogP contribution in [0.2, 0.25) is 0 Å². The molecule has 3 rings (SSSR count). The highest BCUT2D eigenvalue weighted by Gasteiger charge is 2.31. The molecule has 0 bridgehead atoms. The van der Waals surface area contributed by atoms with E-state index in [0.717, 1.165) is 11.5 Å². The lowest BCUT2D eigenvalue weighted by Crippen LogP contribution is -2.37. The van der Waals surface area contributed by atoms with Gasteiger partial charge in [-0.1, -0.05) is 18.2 Å². The number of fused-ring (bicyclic) bond motifs is 1. The molecule has 2 heterocycles. The van der Waals surface area contributed by atoms with Gasteiger partial charge in [0.25, 0.3) is 0 Å².